The van der Waals surface area contributed by atoms with Crippen LogP contribution >= 0.6 is 0 Å². The Morgan fingerprint density at radius 1 is 1.03 bits per heavy atom. The third-order valence-electron chi connectivity index (χ3n) is 6.19. The molecule has 31 heavy (non-hydrogen) atoms. The van der Waals surface area contributed by atoms with E-state index in [0.29, 0.717) is 11.7 Å². The molecule has 5 heterocycles. The van der Waals surface area contributed by atoms with Crippen LogP contribution in [0, 0.1) is 0 Å². The number of nitrogens with zero attached hydrogens (tertiary/aromatic N) is 7. The maximum atomic E-state index is 13.0. The molecule has 0 spiro atoms. The standard InChI is InChI=1S/C23H27N7O/c1-26(2)19-8-11-28(12-9-19)23(31)21-10-13-30(25-21)22-7-6-20-5-4-17(16-29(20)22)18-14-24-27(3)15-18/h4-7,10,13-16,19H,8-9,11-12H2,1-3H3. The van der Waals surface area contributed by atoms with Gasteiger partial charge < -0.3 is 14.2 Å². The fraction of sp³-hybridized carbons (Fsp3) is 0.348. The second-order valence-corrected chi connectivity index (χ2v) is 8.44. The topological polar surface area (TPSA) is 63.6 Å². The van der Waals surface area contributed by atoms with Gasteiger partial charge in [-0.05, 0) is 51.2 Å². The summed E-state index contributed by atoms with van der Waals surface area (Å²) in [7, 11) is 6.12. The summed E-state index contributed by atoms with van der Waals surface area (Å²) in [5.41, 5.74) is 3.69. The fourth-order valence-corrected chi connectivity index (χ4v) is 4.33. The van der Waals surface area contributed by atoms with Crippen molar-refractivity contribution in [3.05, 3.63) is 60.8 Å². The van der Waals surface area contributed by atoms with Gasteiger partial charge in [0.2, 0.25) is 0 Å². The first kappa shape index (κ1) is 19.6. The van der Waals surface area contributed by atoms with Crippen LogP contribution in [0.5, 0.6) is 0 Å². The van der Waals surface area contributed by atoms with Gasteiger partial charge in [-0.1, -0.05) is 6.07 Å². The number of aromatic nitrogens is 5. The molecule has 0 unspecified atom stereocenters. The van der Waals surface area contributed by atoms with Crippen LogP contribution in [0.1, 0.15) is 23.3 Å². The van der Waals surface area contributed by atoms with Gasteiger partial charge in [-0.25, -0.2) is 4.68 Å². The van der Waals surface area contributed by atoms with Crippen LogP contribution in [0.3, 0.4) is 0 Å². The van der Waals surface area contributed by atoms with Crippen LogP contribution in [-0.4, -0.2) is 72.9 Å². The molecule has 0 saturated carbocycles. The fourth-order valence-electron chi connectivity index (χ4n) is 4.33. The second-order valence-electron chi connectivity index (χ2n) is 8.44. The average molecular weight is 418 g/mol. The Labute approximate surface area is 181 Å². The molecule has 0 bridgehead atoms. The summed E-state index contributed by atoms with van der Waals surface area (Å²) in [6, 6.07) is 10.6. The van der Waals surface area contributed by atoms with E-state index in [2.05, 4.69) is 58.0 Å². The van der Waals surface area contributed by atoms with Gasteiger partial charge in [-0.15, -0.1) is 0 Å². The Bertz CT molecular complexity index is 1220. The third kappa shape index (κ3) is 3.63. The molecule has 160 valence electrons. The Kier molecular flexibility index (Phi) is 4.86. The lowest BCUT2D eigenvalue weighted by Crippen LogP contribution is -2.44. The highest BCUT2D eigenvalue weighted by molar-refractivity contribution is 5.92. The molecule has 8 heteroatoms. The molecule has 1 saturated heterocycles. The number of rotatable bonds is 4. The number of carbonyl (C=O) groups is 1. The molecule has 4 aromatic rings. The van der Waals surface area contributed by atoms with Crippen LogP contribution in [0.2, 0.25) is 0 Å². The maximum absolute atomic E-state index is 13.0. The van der Waals surface area contributed by atoms with E-state index >= 15 is 0 Å². The van der Waals surface area contributed by atoms with Crippen molar-refractivity contribution in [1.29, 1.82) is 0 Å². The molecule has 1 amide bonds. The SMILES string of the molecule is CN(C)C1CCN(C(=O)c2ccn(-c3ccc4ccc(-c5cnn(C)c5)cn34)n2)CC1. The molecule has 0 atom stereocenters. The van der Waals surface area contributed by atoms with Gasteiger partial charge in [0.15, 0.2) is 5.69 Å². The minimum Gasteiger partial charge on any atom is -0.337 e. The van der Waals surface area contributed by atoms with Crippen LogP contribution in [0.25, 0.3) is 22.5 Å². The summed E-state index contributed by atoms with van der Waals surface area (Å²) in [6.07, 6.45) is 9.79. The molecule has 0 aromatic carbocycles. The van der Waals surface area contributed by atoms with Crippen molar-refractivity contribution in [1.82, 2.24) is 33.8 Å². The van der Waals surface area contributed by atoms with E-state index in [1.807, 2.05) is 42.7 Å². The molecule has 5 rings (SSSR count). The number of pyridine rings is 1. The predicted molar refractivity (Wildman–Crippen MR) is 119 cm³/mol. The highest BCUT2D eigenvalue weighted by Gasteiger charge is 2.26. The number of hydrogen-bond donors (Lipinski definition) is 0. The number of piperidine rings is 1. The largest absolute Gasteiger partial charge is 0.337 e. The number of likely N-dealkylation sites (tertiary alicyclic amines) is 1. The normalized spacial score (nSPS) is 15.3. The van der Waals surface area contributed by atoms with E-state index in [-0.39, 0.29) is 5.91 Å². The van der Waals surface area contributed by atoms with E-state index in [1.54, 1.807) is 9.36 Å². The summed E-state index contributed by atoms with van der Waals surface area (Å²) in [5.74, 6) is 0.902. The third-order valence-corrected chi connectivity index (χ3v) is 6.19. The minimum atomic E-state index is 0.00728. The van der Waals surface area contributed by atoms with Gasteiger partial charge in [-0.2, -0.15) is 10.2 Å². The van der Waals surface area contributed by atoms with Crippen LogP contribution in [0.4, 0.5) is 0 Å². The van der Waals surface area contributed by atoms with Crippen LogP contribution in [0.15, 0.2) is 55.1 Å². The smallest absolute Gasteiger partial charge is 0.274 e. The van der Waals surface area contributed by atoms with E-state index in [1.165, 1.54) is 0 Å². The molecular weight excluding hydrogens is 390 g/mol. The van der Waals surface area contributed by atoms with Gasteiger partial charge in [0.05, 0.1) is 6.20 Å². The van der Waals surface area contributed by atoms with Gasteiger partial charge >= 0.3 is 0 Å². The van der Waals surface area contributed by atoms with Gasteiger partial charge in [0.25, 0.3) is 5.91 Å². The summed E-state index contributed by atoms with van der Waals surface area (Å²) in [5, 5.41) is 8.88. The van der Waals surface area contributed by atoms with Crippen molar-refractivity contribution in [2.75, 3.05) is 27.2 Å². The second kappa shape index (κ2) is 7.70. The van der Waals surface area contributed by atoms with Crippen molar-refractivity contribution in [3.63, 3.8) is 0 Å². The number of fused-ring (bicyclic) bond motifs is 1. The minimum absolute atomic E-state index is 0.00728. The van der Waals surface area contributed by atoms with Crippen molar-refractivity contribution >= 4 is 11.4 Å². The molecule has 8 nitrogen and oxygen atoms in total. The number of aryl methyl sites for hydroxylation is 1. The zero-order valence-corrected chi connectivity index (χ0v) is 18.1. The molecule has 0 N–H and O–H groups in total. The zero-order chi connectivity index (χ0) is 21.5. The molecule has 0 aliphatic carbocycles. The number of carbonyl (C=O) groups excluding carboxylic acids is 1. The lowest BCUT2D eigenvalue weighted by molar-refractivity contribution is 0.0657. The lowest BCUT2D eigenvalue weighted by atomic mass is 10.0. The van der Waals surface area contributed by atoms with Crippen molar-refractivity contribution in [2.24, 2.45) is 7.05 Å². The molecule has 0 radical (unpaired) electrons. The van der Waals surface area contributed by atoms with Gasteiger partial charge in [-0.3, -0.25) is 9.48 Å². The van der Waals surface area contributed by atoms with E-state index in [9.17, 15) is 4.79 Å². The molecule has 1 aliphatic heterocycles. The van der Waals surface area contributed by atoms with Crippen molar-refractivity contribution in [3.8, 4) is 16.9 Å². The van der Waals surface area contributed by atoms with Gasteiger partial charge in [0.1, 0.15) is 5.82 Å². The monoisotopic (exact) mass is 417 g/mol. The van der Waals surface area contributed by atoms with Crippen LogP contribution < -0.4 is 0 Å². The summed E-state index contributed by atoms with van der Waals surface area (Å²) in [6.45, 7) is 1.55. The van der Waals surface area contributed by atoms with Crippen molar-refractivity contribution < 1.29 is 4.79 Å². The molecule has 4 aromatic heterocycles. The maximum Gasteiger partial charge on any atom is 0.274 e. The van der Waals surface area contributed by atoms with Crippen LogP contribution in [-0.2, 0) is 7.05 Å². The molecule has 1 aliphatic rings. The first-order chi connectivity index (χ1) is 15.0. The highest BCUT2D eigenvalue weighted by Crippen LogP contribution is 2.23. The first-order valence-electron chi connectivity index (χ1n) is 10.6. The summed E-state index contributed by atoms with van der Waals surface area (Å²) in [4.78, 5) is 17.1. The average Bonchev–Trinajstić information content (AvgIpc) is 3.52. The molecular formula is C23H27N7O. The molecule has 1 fully saturated rings. The highest BCUT2D eigenvalue weighted by atomic mass is 16.2. The summed E-state index contributed by atoms with van der Waals surface area (Å²) < 4.78 is 5.66. The Morgan fingerprint density at radius 2 is 1.81 bits per heavy atom. The number of amides is 1. The quantitative estimate of drug-likeness (QED) is 0.512. The Morgan fingerprint density at radius 3 is 2.52 bits per heavy atom. The van der Waals surface area contributed by atoms with E-state index in [0.717, 1.165) is 48.4 Å². The number of hydrogen-bond acceptors (Lipinski definition) is 4. The van der Waals surface area contributed by atoms with Crippen molar-refractivity contribution in [2.45, 2.75) is 18.9 Å². The first-order valence-corrected chi connectivity index (χ1v) is 10.6. The Balaban J connectivity index is 1.40. The summed E-state index contributed by atoms with van der Waals surface area (Å²) >= 11 is 0. The van der Waals surface area contributed by atoms with E-state index in [4.69, 9.17) is 0 Å². The zero-order valence-electron chi connectivity index (χ0n) is 18.1. The predicted octanol–water partition coefficient (Wildman–Crippen LogP) is 2.69. The lowest BCUT2D eigenvalue weighted by Gasteiger charge is -2.34. The van der Waals surface area contributed by atoms with E-state index < -0.39 is 0 Å². The Hall–Kier alpha value is -3.39. The van der Waals surface area contributed by atoms with Gasteiger partial charge in [0, 0.05) is 61.4 Å².